The quantitative estimate of drug-likeness (QED) is 0.717. The van der Waals surface area contributed by atoms with E-state index in [1.54, 1.807) is 6.33 Å². The van der Waals surface area contributed by atoms with Crippen LogP contribution in [0.4, 0.5) is 0 Å². The van der Waals surface area contributed by atoms with Gasteiger partial charge in [-0.2, -0.15) is 0 Å². The minimum Gasteiger partial charge on any atom is -0.463 e. The average molecular weight is 223 g/mol. The first-order valence-corrected chi connectivity index (χ1v) is 5.70. The third-order valence-corrected chi connectivity index (χ3v) is 3.16. The molecule has 0 N–H and O–H groups in total. The summed E-state index contributed by atoms with van der Waals surface area (Å²) in [6.07, 6.45) is 6.38. The maximum atomic E-state index is 11.2. The fraction of sp³-hybridized carbons (Fsp3) is 0.727. The van der Waals surface area contributed by atoms with E-state index in [0.717, 1.165) is 18.8 Å². The van der Waals surface area contributed by atoms with Crippen molar-refractivity contribution in [2.75, 3.05) is 7.11 Å². The molecule has 0 spiro atoms. The van der Waals surface area contributed by atoms with E-state index < -0.39 is 5.97 Å². The molecular formula is C11H17N3O2. The van der Waals surface area contributed by atoms with Gasteiger partial charge >= 0.3 is 5.97 Å². The van der Waals surface area contributed by atoms with Crippen molar-refractivity contribution in [3.8, 4) is 0 Å². The molecule has 1 aliphatic carbocycles. The van der Waals surface area contributed by atoms with Gasteiger partial charge in [-0.1, -0.05) is 19.8 Å². The predicted octanol–water partition coefficient (Wildman–Crippen LogP) is 1.82. The molecule has 0 amide bonds. The van der Waals surface area contributed by atoms with Gasteiger partial charge in [0.15, 0.2) is 0 Å². The Morgan fingerprint density at radius 1 is 1.56 bits per heavy atom. The van der Waals surface area contributed by atoms with Crippen molar-refractivity contribution in [3.63, 3.8) is 0 Å². The van der Waals surface area contributed by atoms with Gasteiger partial charge in [-0.05, 0) is 18.8 Å². The van der Waals surface area contributed by atoms with Gasteiger partial charge in [0.2, 0.25) is 0 Å². The van der Waals surface area contributed by atoms with Gasteiger partial charge in [-0.25, -0.2) is 14.5 Å². The number of carbonyl (C=O) groups excluding carboxylic acids is 1. The van der Waals surface area contributed by atoms with E-state index in [9.17, 15) is 4.79 Å². The molecule has 5 heteroatoms. The Kier molecular flexibility index (Phi) is 3.22. The van der Waals surface area contributed by atoms with E-state index in [4.69, 9.17) is 0 Å². The molecule has 0 aliphatic heterocycles. The molecule has 1 aromatic heterocycles. The zero-order chi connectivity index (χ0) is 11.5. The molecule has 2 atom stereocenters. The van der Waals surface area contributed by atoms with E-state index in [-0.39, 0.29) is 5.82 Å². The SMILES string of the molecule is COC(=O)c1ncn(C2CCCC(C)C2)n1. The summed E-state index contributed by atoms with van der Waals surface area (Å²) in [6.45, 7) is 2.25. The molecule has 0 radical (unpaired) electrons. The van der Waals surface area contributed by atoms with Crippen LogP contribution in [0.1, 0.15) is 49.3 Å². The number of esters is 1. The van der Waals surface area contributed by atoms with E-state index >= 15 is 0 Å². The Bertz CT molecular complexity index is 375. The highest BCUT2D eigenvalue weighted by Crippen LogP contribution is 2.31. The standard InChI is InChI=1S/C11H17N3O2/c1-8-4-3-5-9(6-8)14-7-12-10(13-14)11(15)16-2/h7-9H,3-6H2,1-2H3. The van der Waals surface area contributed by atoms with Crippen molar-refractivity contribution in [3.05, 3.63) is 12.2 Å². The molecule has 2 unspecified atom stereocenters. The van der Waals surface area contributed by atoms with E-state index in [0.29, 0.717) is 6.04 Å². The van der Waals surface area contributed by atoms with Crippen molar-refractivity contribution in [1.29, 1.82) is 0 Å². The van der Waals surface area contributed by atoms with E-state index in [2.05, 4.69) is 21.7 Å². The molecular weight excluding hydrogens is 206 g/mol. The zero-order valence-electron chi connectivity index (χ0n) is 9.72. The van der Waals surface area contributed by atoms with Crippen LogP contribution in [0, 0.1) is 5.92 Å². The van der Waals surface area contributed by atoms with Gasteiger partial charge in [0.05, 0.1) is 13.2 Å². The van der Waals surface area contributed by atoms with Crippen molar-refractivity contribution in [1.82, 2.24) is 14.8 Å². The predicted molar refractivity (Wildman–Crippen MR) is 58.0 cm³/mol. The van der Waals surface area contributed by atoms with Gasteiger partial charge in [-0.15, -0.1) is 5.10 Å². The van der Waals surface area contributed by atoms with Crippen LogP contribution in [0.2, 0.25) is 0 Å². The van der Waals surface area contributed by atoms with Gasteiger partial charge in [0.25, 0.3) is 5.82 Å². The maximum Gasteiger partial charge on any atom is 0.377 e. The number of hydrogen-bond donors (Lipinski definition) is 0. The minimum atomic E-state index is -0.470. The fourth-order valence-electron chi connectivity index (χ4n) is 2.28. The maximum absolute atomic E-state index is 11.2. The average Bonchev–Trinajstić information content (AvgIpc) is 2.77. The second-order valence-corrected chi connectivity index (χ2v) is 4.47. The molecule has 16 heavy (non-hydrogen) atoms. The molecule has 88 valence electrons. The highest BCUT2D eigenvalue weighted by molar-refractivity contribution is 5.84. The lowest BCUT2D eigenvalue weighted by Gasteiger charge is -2.26. The molecule has 5 nitrogen and oxygen atoms in total. The normalized spacial score (nSPS) is 25.4. The van der Waals surface area contributed by atoms with Crippen molar-refractivity contribution in [2.45, 2.75) is 38.6 Å². The first-order chi connectivity index (χ1) is 7.70. The lowest BCUT2D eigenvalue weighted by atomic mass is 9.87. The number of hydrogen-bond acceptors (Lipinski definition) is 4. The largest absolute Gasteiger partial charge is 0.463 e. The summed E-state index contributed by atoms with van der Waals surface area (Å²) in [5.74, 6) is 0.410. The minimum absolute atomic E-state index is 0.153. The molecule has 1 aromatic rings. The molecule has 0 aromatic carbocycles. The Morgan fingerprint density at radius 2 is 2.38 bits per heavy atom. The van der Waals surface area contributed by atoms with Crippen molar-refractivity contribution < 1.29 is 9.53 Å². The van der Waals surface area contributed by atoms with Gasteiger partial charge in [0, 0.05) is 0 Å². The third-order valence-electron chi connectivity index (χ3n) is 3.16. The molecule has 1 fully saturated rings. The number of carbonyl (C=O) groups is 1. The molecule has 1 saturated carbocycles. The second kappa shape index (κ2) is 4.63. The summed E-state index contributed by atoms with van der Waals surface area (Å²) in [7, 11) is 1.34. The van der Waals surface area contributed by atoms with Crippen LogP contribution in [-0.4, -0.2) is 27.8 Å². The highest BCUT2D eigenvalue weighted by atomic mass is 16.5. The van der Waals surface area contributed by atoms with Gasteiger partial charge in [-0.3, -0.25) is 0 Å². The summed E-state index contributed by atoms with van der Waals surface area (Å²) in [6, 6.07) is 0.384. The summed E-state index contributed by atoms with van der Waals surface area (Å²) in [5.41, 5.74) is 0. The summed E-state index contributed by atoms with van der Waals surface area (Å²) in [4.78, 5) is 15.2. The smallest absolute Gasteiger partial charge is 0.377 e. The van der Waals surface area contributed by atoms with Crippen molar-refractivity contribution in [2.24, 2.45) is 5.92 Å². The lowest BCUT2D eigenvalue weighted by molar-refractivity contribution is 0.0586. The Labute approximate surface area is 94.8 Å². The second-order valence-electron chi connectivity index (χ2n) is 4.47. The monoisotopic (exact) mass is 223 g/mol. The number of ether oxygens (including phenoxy) is 1. The fourth-order valence-corrected chi connectivity index (χ4v) is 2.28. The number of aromatic nitrogens is 3. The topological polar surface area (TPSA) is 57.0 Å². The first kappa shape index (κ1) is 11.1. The molecule has 1 aliphatic rings. The Balaban J connectivity index is 2.09. The summed E-state index contributed by atoms with van der Waals surface area (Å²) >= 11 is 0. The van der Waals surface area contributed by atoms with Gasteiger partial charge < -0.3 is 4.74 Å². The van der Waals surface area contributed by atoms with Crippen LogP contribution >= 0.6 is 0 Å². The highest BCUT2D eigenvalue weighted by Gasteiger charge is 2.22. The van der Waals surface area contributed by atoms with Crippen molar-refractivity contribution >= 4 is 5.97 Å². The van der Waals surface area contributed by atoms with Crippen LogP contribution in [0.15, 0.2) is 6.33 Å². The summed E-state index contributed by atoms with van der Waals surface area (Å²) < 4.78 is 6.39. The van der Waals surface area contributed by atoms with Crippen LogP contribution < -0.4 is 0 Å². The molecule has 2 rings (SSSR count). The number of methoxy groups -OCH3 is 1. The zero-order valence-corrected chi connectivity index (χ0v) is 9.72. The Hall–Kier alpha value is -1.39. The first-order valence-electron chi connectivity index (χ1n) is 5.70. The van der Waals surface area contributed by atoms with E-state index in [1.165, 1.54) is 20.0 Å². The van der Waals surface area contributed by atoms with Gasteiger partial charge in [0.1, 0.15) is 6.33 Å². The van der Waals surface area contributed by atoms with Crippen LogP contribution in [0.3, 0.4) is 0 Å². The number of rotatable bonds is 2. The molecule has 0 bridgehead atoms. The van der Waals surface area contributed by atoms with Crippen LogP contribution in [0.25, 0.3) is 0 Å². The molecule has 0 saturated heterocycles. The summed E-state index contributed by atoms with van der Waals surface area (Å²) in [5, 5.41) is 4.17. The number of nitrogens with zero attached hydrogens (tertiary/aromatic N) is 3. The van der Waals surface area contributed by atoms with Crippen LogP contribution in [0.5, 0.6) is 0 Å². The van der Waals surface area contributed by atoms with E-state index in [1.807, 2.05) is 4.68 Å². The lowest BCUT2D eigenvalue weighted by Crippen LogP contribution is -2.18. The molecule has 1 heterocycles. The third kappa shape index (κ3) is 2.23. The van der Waals surface area contributed by atoms with Crippen LogP contribution in [-0.2, 0) is 4.74 Å². The Morgan fingerprint density at radius 3 is 3.06 bits per heavy atom.